The predicted molar refractivity (Wildman–Crippen MR) is 112 cm³/mol. The van der Waals surface area contributed by atoms with E-state index >= 15 is 0 Å². The van der Waals surface area contributed by atoms with E-state index < -0.39 is 47.1 Å². The van der Waals surface area contributed by atoms with Gasteiger partial charge in [-0.1, -0.05) is 6.07 Å². The molecule has 0 radical (unpaired) electrons. The molecule has 1 amide bonds. The van der Waals surface area contributed by atoms with Gasteiger partial charge in [0.15, 0.2) is 34.7 Å². The molecular weight excluding hydrogens is 479 g/mol. The van der Waals surface area contributed by atoms with Crippen LogP contribution in [0.3, 0.4) is 0 Å². The molecule has 4 aromatic heterocycles. The summed E-state index contributed by atoms with van der Waals surface area (Å²) < 4.78 is 70.4. The van der Waals surface area contributed by atoms with E-state index in [1.165, 1.54) is 34.3 Å². The maximum absolute atomic E-state index is 13.9. The monoisotopic (exact) mass is 490 g/mol. The van der Waals surface area contributed by atoms with Crippen LogP contribution in [0.4, 0.5) is 27.8 Å². The van der Waals surface area contributed by atoms with Gasteiger partial charge in [0.2, 0.25) is 5.82 Å². The number of anilines is 1. The lowest BCUT2D eigenvalue weighted by Gasteiger charge is -2.08. The molecule has 5 aromatic rings. The zero-order valence-corrected chi connectivity index (χ0v) is 17.6. The molecule has 172 valence electrons. The zero-order chi connectivity index (χ0) is 24.0. The SMILES string of the molecule is O=C(Nc1ccn(Cc2c(F)c(F)c(F)c(F)c2F)n1)c1cnn2c(-c3cccs3)ccnc12. The van der Waals surface area contributed by atoms with Crippen molar-refractivity contribution < 1.29 is 26.7 Å². The smallest absolute Gasteiger partial charge is 0.262 e. The number of nitrogens with one attached hydrogen (secondary N) is 1. The minimum absolute atomic E-state index is 0.0115. The molecular formula is C21H11F5N6OS. The molecule has 0 unspecified atom stereocenters. The van der Waals surface area contributed by atoms with Crippen molar-refractivity contribution in [2.24, 2.45) is 0 Å². The molecule has 34 heavy (non-hydrogen) atoms. The first-order valence-electron chi connectivity index (χ1n) is 9.57. The van der Waals surface area contributed by atoms with E-state index in [0.29, 0.717) is 5.65 Å². The third-order valence-electron chi connectivity index (χ3n) is 4.92. The van der Waals surface area contributed by atoms with Gasteiger partial charge in [-0.05, 0) is 17.5 Å². The van der Waals surface area contributed by atoms with Crippen molar-refractivity contribution in [2.75, 3.05) is 5.32 Å². The number of rotatable bonds is 5. The van der Waals surface area contributed by atoms with Crippen molar-refractivity contribution in [3.63, 3.8) is 0 Å². The van der Waals surface area contributed by atoms with Crippen molar-refractivity contribution >= 4 is 28.7 Å². The number of halogens is 5. The number of carbonyl (C=O) groups is 1. The van der Waals surface area contributed by atoms with Crippen LogP contribution in [0.5, 0.6) is 0 Å². The van der Waals surface area contributed by atoms with E-state index in [4.69, 9.17) is 0 Å². The van der Waals surface area contributed by atoms with Crippen LogP contribution in [0.25, 0.3) is 16.2 Å². The summed E-state index contributed by atoms with van der Waals surface area (Å²) in [6, 6.07) is 6.85. The summed E-state index contributed by atoms with van der Waals surface area (Å²) in [6.07, 6.45) is 4.10. The Morgan fingerprint density at radius 3 is 2.44 bits per heavy atom. The number of nitrogens with zero attached hydrogens (tertiary/aromatic N) is 5. The first-order chi connectivity index (χ1) is 16.3. The maximum Gasteiger partial charge on any atom is 0.262 e. The average Bonchev–Trinajstić information content (AvgIpc) is 3.60. The lowest BCUT2D eigenvalue weighted by Crippen LogP contribution is -2.14. The second-order valence-corrected chi connectivity index (χ2v) is 7.95. The Labute approximate surface area is 191 Å². The fourth-order valence-corrected chi connectivity index (χ4v) is 4.05. The van der Waals surface area contributed by atoms with Crippen LogP contribution in [-0.2, 0) is 6.54 Å². The summed E-state index contributed by atoms with van der Waals surface area (Å²) >= 11 is 1.50. The summed E-state index contributed by atoms with van der Waals surface area (Å²) in [5.41, 5.74) is 0.133. The van der Waals surface area contributed by atoms with Gasteiger partial charge in [-0.15, -0.1) is 11.3 Å². The largest absolute Gasteiger partial charge is 0.305 e. The second-order valence-electron chi connectivity index (χ2n) is 7.00. The van der Waals surface area contributed by atoms with E-state index in [2.05, 4.69) is 20.5 Å². The molecule has 5 rings (SSSR count). The number of hydrogen-bond donors (Lipinski definition) is 1. The highest BCUT2D eigenvalue weighted by atomic mass is 32.1. The molecule has 0 aliphatic heterocycles. The molecule has 1 N–H and O–H groups in total. The number of aromatic nitrogens is 5. The Kier molecular flexibility index (Phi) is 5.32. The van der Waals surface area contributed by atoms with Gasteiger partial charge >= 0.3 is 0 Å². The van der Waals surface area contributed by atoms with Gasteiger partial charge in [-0.25, -0.2) is 31.5 Å². The summed E-state index contributed by atoms with van der Waals surface area (Å²) in [4.78, 5) is 17.9. The molecule has 0 saturated heterocycles. The summed E-state index contributed by atoms with van der Waals surface area (Å²) in [5.74, 6) is -10.8. The minimum atomic E-state index is -2.24. The third-order valence-corrected chi connectivity index (χ3v) is 5.81. The van der Waals surface area contributed by atoms with E-state index in [0.717, 1.165) is 15.3 Å². The number of hydrogen-bond acceptors (Lipinski definition) is 5. The predicted octanol–water partition coefficient (Wildman–Crippen LogP) is 4.65. The quantitative estimate of drug-likeness (QED) is 0.221. The van der Waals surface area contributed by atoms with Gasteiger partial charge in [-0.3, -0.25) is 9.48 Å². The first kappa shape index (κ1) is 21.7. The lowest BCUT2D eigenvalue weighted by atomic mass is 10.1. The Balaban J connectivity index is 1.39. The molecule has 13 heteroatoms. The van der Waals surface area contributed by atoms with E-state index in [-0.39, 0.29) is 11.4 Å². The van der Waals surface area contributed by atoms with Crippen LogP contribution in [0.15, 0.2) is 48.2 Å². The number of fused-ring (bicyclic) bond motifs is 1. The highest BCUT2D eigenvalue weighted by Crippen LogP contribution is 2.26. The van der Waals surface area contributed by atoms with Crippen LogP contribution in [0.1, 0.15) is 15.9 Å². The Morgan fingerprint density at radius 2 is 1.74 bits per heavy atom. The molecule has 0 aliphatic carbocycles. The van der Waals surface area contributed by atoms with Crippen molar-refractivity contribution in [3.05, 3.63) is 88.4 Å². The molecule has 0 atom stereocenters. The first-order valence-corrected chi connectivity index (χ1v) is 10.4. The molecule has 1 aromatic carbocycles. The molecule has 7 nitrogen and oxygen atoms in total. The molecule has 0 fully saturated rings. The van der Waals surface area contributed by atoms with Crippen LogP contribution in [0.2, 0.25) is 0 Å². The number of benzene rings is 1. The van der Waals surface area contributed by atoms with Crippen LogP contribution < -0.4 is 5.32 Å². The van der Waals surface area contributed by atoms with Gasteiger partial charge in [0, 0.05) is 18.5 Å². The lowest BCUT2D eigenvalue weighted by molar-refractivity contribution is 0.102. The fraction of sp³-hybridized carbons (Fsp3) is 0.0476. The molecule has 0 aliphatic rings. The second kappa shape index (κ2) is 8.33. The Morgan fingerprint density at radius 1 is 1.00 bits per heavy atom. The van der Waals surface area contributed by atoms with Gasteiger partial charge in [0.05, 0.1) is 28.9 Å². The normalized spacial score (nSPS) is 11.3. The zero-order valence-electron chi connectivity index (χ0n) is 16.8. The Bertz CT molecular complexity index is 1520. The van der Waals surface area contributed by atoms with Crippen LogP contribution in [-0.4, -0.2) is 30.3 Å². The molecule has 4 heterocycles. The van der Waals surface area contributed by atoms with Crippen LogP contribution in [0, 0.1) is 29.1 Å². The average molecular weight is 490 g/mol. The molecule has 0 saturated carbocycles. The topological polar surface area (TPSA) is 77.1 Å². The standard InChI is InChI=1S/C21H11F5N6OS/c22-15-11(16(23)18(25)19(26)17(15)24)9-31-6-4-14(30-31)29-21(33)10-8-28-32-12(3-5-27-20(10)32)13-2-1-7-34-13/h1-8H,9H2,(H,29,30,33). The third kappa shape index (κ3) is 3.59. The summed E-state index contributed by atoms with van der Waals surface area (Å²) in [7, 11) is 0. The maximum atomic E-state index is 13.9. The number of thiophene rings is 1. The van der Waals surface area contributed by atoms with E-state index in [1.54, 1.807) is 12.3 Å². The highest BCUT2D eigenvalue weighted by molar-refractivity contribution is 7.13. The summed E-state index contributed by atoms with van der Waals surface area (Å²) in [6.45, 7) is -0.746. The highest BCUT2D eigenvalue weighted by Gasteiger charge is 2.26. The molecule has 0 bridgehead atoms. The van der Waals surface area contributed by atoms with E-state index in [1.807, 2.05) is 17.5 Å². The van der Waals surface area contributed by atoms with Gasteiger partial charge in [0.25, 0.3) is 5.91 Å². The van der Waals surface area contributed by atoms with Crippen molar-refractivity contribution in [1.82, 2.24) is 24.4 Å². The van der Waals surface area contributed by atoms with Gasteiger partial charge in [0.1, 0.15) is 5.56 Å². The molecule has 0 spiro atoms. The Hall–Kier alpha value is -4.13. The van der Waals surface area contributed by atoms with Crippen molar-refractivity contribution in [1.29, 1.82) is 0 Å². The fourth-order valence-electron chi connectivity index (χ4n) is 3.31. The van der Waals surface area contributed by atoms with Crippen molar-refractivity contribution in [2.45, 2.75) is 6.54 Å². The van der Waals surface area contributed by atoms with Crippen LogP contribution >= 0.6 is 11.3 Å². The summed E-state index contributed by atoms with van der Waals surface area (Å²) in [5, 5.41) is 12.6. The van der Waals surface area contributed by atoms with Gasteiger partial charge < -0.3 is 5.32 Å². The van der Waals surface area contributed by atoms with Crippen molar-refractivity contribution in [3.8, 4) is 10.6 Å². The van der Waals surface area contributed by atoms with E-state index in [9.17, 15) is 26.7 Å². The number of carbonyl (C=O) groups excluding carboxylic acids is 1. The van der Waals surface area contributed by atoms with Gasteiger partial charge in [-0.2, -0.15) is 10.2 Å². The number of amides is 1. The minimum Gasteiger partial charge on any atom is -0.305 e.